The highest BCUT2D eigenvalue weighted by Crippen LogP contribution is 2.34. The van der Waals surface area contributed by atoms with Crippen molar-refractivity contribution in [3.63, 3.8) is 0 Å². The molecule has 1 aliphatic heterocycles. The number of halogens is 2. The Balaban J connectivity index is 1.57. The van der Waals surface area contributed by atoms with Crippen LogP contribution in [0.4, 0.5) is 11.6 Å². The van der Waals surface area contributed by atoms with E-state index >= 15 is 0 Å². The van der Waals surface area contributed by atoms with Gasteiger partial charge in [-0.2, -0.15) is 0 Å². The van der Waals surface area contributed by atoms with Crippen molar-refractivity contribution in [3.8, 4) is 11.3 Å². The summed E-state index contributed by atoms with van der Waals surface area (Å²) in [7, 11) is 0. The average Bonchev–Trinajstić information content (AvgIpc) is 3.34. The van der Waals surface area contributed by atoms with E-state index in [1.807, 2.05) is 6.08 Å². The fourth-order valence-electron chi connectivity index (χ4n) is 3.68. The lowest BCUT2D eigenvalue weighted by molar-refractivity contribution is -0.385. The van der Waals surface area contributed by atoms with E-state index in [9.17, 15) is 14.9 Å². The third-order valence-corrected chi connectivity index (χ3v) is 5.97. The third kappa shape index (κ3) is 5.34. The van der Waals surface area contributed by atoms with Gasteiger partial charge in [0.05, 0.1) is 27.9 Å². The SMILES string of the molecule is CCOC(=O)c1cnc(NCCC2(c3ccc([N+](=O)[O-])cn3)C=CC=N2)nc1-c1ccc(Cl)cc1Cl. The van der Waals surface area contributed by atoms with Crippen LogP contribution >= 0.6 is 23.2 Å². The maximum absolute atomic E-state index is 12.5. The van der Waals surface area contributed by atoms with Crippen LogP contribution in [0.15, 0.2) is 59.9 Å². The van der Waals surface area contributed by atoms with Gasteiger partial charge in [0.25, 0.3) is 5.69 Å². The van der Waals surface area contributed by atoms with Gasteiger partial charge in [0.2, 0.25) is 5.95 Å². The van der Waals surface area contributed by atoms with Gasteiger partial charge in [0.1, 0.15) is 17.3 Å². The van der Waals surface area contributed by atoms with Gasteiger partial charge in [0.15, 0.2) is 0 Å². The summed E-state index contributed by atoms with van der Waals surface area (Å²) in [5.74, 6) is -0.305. The molecule has 1 aliphatic rings. The molecule has 1 atom stereocenters. The van der Waals surface area contributed by atoms with Crippen LogP contribution < -0.4 is 5.32 Å². The molecule has 1 N–H and O–H groups in total. The largest absolute Gasteiger partial charge is 0.462 e. The summed E-state index contributed by atoms with van der Waals surface area (Å²) in [5, 5.41) is 14.9. The van der Waals surface area contributed by atoms with Crippen molar-refractivity contribution in [2.24, 2.45) is 4.99 Å². The lowest BCUT2D eigenvalue weighted by Gasteiger charge is -2.23. The van der Waals surface area contributed by atoms with E-state index in [2.05, 4.69) is 25.3 Å². The number of carbonyl (C=O) groups excluding carboxylic acids is 1. The third-order valence-electron chi connectivity index (χ3n) is 5.42. The molecule has 10 nitrogen and oxygen atoms in total. The van der Waals surface area contributed by atoms with Crippen molar-refractivity contribution < 1.29 is 14.5 Å². The lowest BCUT2D eigenvalue weighted by atomic mass is 9.92. The zero-order valence-electron chi connectivity index (χ0n) is 19.0. The number of hydrogen-bond acceptors (Lipinski definition) is 9. The van der Waals surface area contributed by atoms with Crippen LogP contribution in [0.2, 0.25) is 10.0 Å². The van der Waals surface area contributed by atoms with Gasteiger partial charge in [0, 0.05) is 35.6 Å². The second kappa shape index (κ2) is 10.8. The molecule has 4 rings (SSSR count). The summed E-state index contributed by atoms with van der Waals surface area (Å²) in [5.41, 5.74) is 0.674. The first kappa shape index (κ1) is 25.2. The van der Waals surface area contributed by atoms with E-state index in [1.54, 1.807) is 43.5 Å². The number of esters is 1. The van der Waals surface area contributed by atoms with Crippen molar-refractivity contribution in [1.29, 1.82) is 0 Å². The van der Waals surface area contributed by atoms with Crippen molar-refractivity contribution in [2.45, 2.75) is 18.9 Å². The number of nitrogens with zero attached hydrogens (tertiary/aromatic N) is 5. The number of ether oxygens (including phenoxy) is 1. The lowest BCUT2D eigenvalue weighted by Crippen LogP contribution is -2.25. The molecule has 3 heterocycles. The molecule has 0 saturated heterocycles. The van der Waals surface area contributed by atoms with Gasteiger partial charge >= 0.3 is 5.97 Å². The minimum Gasteiger partial charge on any atom is -0.462 e. The number of pyridine rings is 1. The van der Waals surface area contributed by atoms with E-state index in [0.717, 1.165) is 0 Å². The monoisotopic (exact) mass is 526 g/mol. The molecule has 3 aromatic rings. The molecular formula is C24H20Cl2N6O4. The number of hydrogen-bond donors (Lipinski definition) is 1. The van der Waals surface area contributed by atoms with Crippen LogP contribution in [-0.2, 0) is 10.3 Å². The molecule has 0 bridgehead atoms. The highest BCUT2D eigenvalue weighted by Gasteiger charge is 2.32. The molecule has 0 fully saturated rings. The summed E-state index contributed by atoms with van der Waals surface area (Å²) in [6.07, 6.45) is 8.40. The highest BCUT2D eigenvalue weighted by atomic mass is 35.5. The normalized spacial score (nSPS) is 16.2. The second-order valence-corrected chi connectivity index (χ2v) is 8.54. The van der Waals surface area contributed by atoms with Gasteiger partial charge in [-0.15, -0.1) is 0 Å². The van der Waals surface area contributed by atoms with Gasteiger partial charge in [-0.05, 0) is 49.8 Å². The number of carbonyl (C=O) groups is 1. The Morgan fingerprint density at radius 2 is 2.03 bits per heavy atom. The molecule has 1 unspecified atom stereocenters. The van der Waals surface area contributed by atoms with E-state index in [-0.39, 0.29) is 23.8 Å². The summed E-state index contributed by atoms with van der Waals surface area (Å²) in [6.45, 7) is 2.28. The van der Waals surface area contributed by atoms with Crippen molar-refractivity contribution in [2.75, 3.05) is 18.5 Å². The molecule has 0 radical (unpaired) electrons. The van der Waals surface area contributed by atoms with Crippen molar-refractivity contribution in [3.05, 3.63) is 86.3 Å². The molecule has 0 saturated carbocycles. The summed E-state index contributed by atoms with van der Waals surface area (Å²) in [4.78, 5) is 40.6. The topological polar surface area (TPSA) is 132 Å². The Bertz CT molecular complexity index is 1350. The Labute approximate surface area is 216 Å². The first-order valence-electron chi connectivity index (χ1n) is 10.9. The molecule has 0 amide bonds. The summed E-state index contributed by atoms with van der Waals surface area (Å²) in [6, 6.07) is 7.88. The highest BCUT2D eigenvalue weighted by molar-refractivity contribution is 6.36. The molecular weight excluding hydrogens is 507 g/mol. The van der Waals surface area contributed by atoms with Crippen LogP contribution in [0.5, 0.6) is 0 Å². The van der Waals surface area contributed by atoms with Crippen LogP contribution in [0, 0.1) is 10.1 Å². The molecule has 0 spiro atoms. The number of anilines is 1. The first-order valence-corrected chi connectivity index (χ1v) is 11.7. The quantitative estimate of drug-likeness (QED) is 0.226. The van der Waals surface area contributed by atoms with E-state index < -0.39 is 16.4 Å². The zero-order valence-corrected chi connectivity index (χ0v) is 20.5. The van der Waals surface area contributed by atoms with E-state index in [4.69, 9.17) is 27.9 Å². The maximum Gasteiger partial charge on any atom is 0.341 e. The van der Waals surface area contributed by atoms with Crippen molar-refractivity contribution in [1.82, 2.24) is 15.0 Å². The number of benzene rings is 1. The van der Waals surface area contributed by atoms with E-state index in [1.165, 1.54) is 18.5 Å². The smallest absolute Gasteiger partial charge is 0.341 e. The van der Waals surface area contributed by atoms with Crippen molar-refractivity contribution >= 4 is 47.0 Å². The second-order valence-electron chi connectivity index (χ2n) is 7.70. The summed E-state index contributed by atoms with van der Waals surface area (Å²) < 4.78 is 5.15. The van der Waals surface area contributed by atoms with Gasteiger partial charge in [-0.3, -0.25) is 20.1 Å². The molecule has 36 heavy (non-hydrogen) atoms. The van der Waals surface area contributed by atoms with Crippen LogP contribution in [-0.4, -0.2) is 45.2 Å². The van der Waals surface area contributed by atoms with Crippen LogP contribution in [0.3, 0.4) is 0 Å². The number of nitro groups is 1. The number of allylic oxidation sites excluding steroid dienone is 1. The minimum atomic E-state index is -0.782. The minimum absolute atomic E-state index is 0.0959. The Morgan fingerprint density at radius 1 is 1.19 bits per heavy atom. The molecule has 1 aromatic carbocycles. The summed E-state index contributed by atoms with van der Waals surface area (Å²) >= 11 is 12.4. The van der Waals surface area contributed by atoms with Gasteiger partial charge in [-0.1, -0.05) is 23.2 Å². The number of aromatic nitrogens is 3. The predicted octanol–water partition coefficient (Wildman–Crippen LogP) is 5.27. The Morgan fingerprint density at radius 3 is 2.67 bits per heavy atom. The first-order chi connectivity index (χ1) is 17.3. The van der Waals surface area contributed by atoms with Gasteiger partial charge < -0.3 is 10.1 Å². The fraction of sp³-hybridized carbons (Fsp3) is 0.208. The fourth-order valence-corrected chi connectivity index (χ4v) is 4.17. The Kier molecular flexibility index (Phi) is 7.56. The Hall–Kier alpha value is -3.89. The predicted molar refractivity (Wildman–Crippen MR) is 137 cm³/mol. The standard InChI is InChI=1S/C24H20Cl2N6O4/c1-2-36-22(33)18-14-29-23(31-21(18)17-6-4-15(25)12-19(17)26)27-11-9-24(8-3-10-30-24)20-7-5-16(13-28-20)32(34)35/h3-8,10,12-14H,2,9,11H2,1H3,(H,27,29,31). The molecule has 0 aliphatic carbocycles. The number of rotatable bonds is 9. The number of nitrogens with one attached hydrogen (secondary N) is 1. The van der Waals surface area contributed by atoms with Crippen LogP contribution in [0.25, 0.3) is 11.3 Å². The van der Waals surface area contributed by atoms with Gasteiger partial charge in [-0.25, -0.2) is 14.8 Å². The molecule has 184 valence electrons. The molecule has 12 heteroatoms. The maximum atomic E-state index is 12.5. The van der Waals surface area contributed by atoms with E-state index in [0.29, 0.717) is 40.0 Å². The number of aliphatic imine (C=N–C) groups is 1. The van der Waals surface area contributed by atoms with Crippen LogP contribution in [0.1, 0.15) is 29.4 Å². The zero-order chi connectivity index (χ0) is 25.7. The molecule has 2 aromatic heterocycles. The average molecular weight is 527 g/mol.